The first-order valence-electron chi connectivity index (χ1n) is 23.9. The van der Waals surface area contributed by atoms with Crippen molar-refractivity contribution in [3.05, 3.63) is 163 Å². The summed E-state index contributed by atoms with van der Waals surface area (Å²) in [7, 11) is 0. The van der Waals surface area contributed by atoms with E-state index in [2.05, 4.69) is 155 Å². The van der Waals surface area contributed by atoms with Crippen molar-refractivity contribution in [2.24, 2.45) is 4.99 Å². The highest BCUT2D eigenvalue weighted by atomic mass is 32.1. The number of aromatic nitrogens is 6. The second kappa shape index (κ2) is 27.3. The largest absolute Gasteiger partial charge is 0.448 e. The fraction of sp³-hybridized carbons (Fsp3) is 0.431. The zero-order valence-corrected chi connectivity index (χ0v) is 48.6. The van der Waals surface area contributed by atoms with Gasteiger partial charge in [0.1, 0.15) is 23.3 Å². The van der Waals surface area contributed by atoms with E-state index in [1.807, 2.05) is 102 Å². The minimum Gasteiger partial charge on any atom is -0.448 e. The van der Waals surface area contributed by atoms with Crippen molar-refractivity contribution in [1.29, 1.82) is 0 Å². The van der Waals surface area contributed by atoms with Crippen LogP contribution in [0.5, 0.6) is 0 Å². The molecule has 10 nitrogen and oxygen atoms in total. The lowest BCUT2D eigenvalue weighted by atomic mass is 9.97. The number of hydrogen-bond donors (Lipinski definition) is 0. The first kappa shape index (κ1) is 59.7. The summed E-state index contributed by atoms with van der Waals surface area (Å²) in [4.78, 5) is 31.0. The highest BCUT2D eigenvalue weighted by molar-refractivity contribution is 7.13. The second-order valence-electron chi connectivity index (χ2n) is 21.5. The molecule has 7 heterocycles. The Labute approximate surface area is 437 Å². The van der Waals surface area contributed by atoms with Crippen LogP contribution in [-0.2, 0) is 21.7 Å². The molecule has 0 N–H and O–H groups in total. The number of thiazole rings is 3. The molecular weight excluding hydrogens is 939 g/mol. The number of aliphatic imine (C=N–C) groups is 1. The Kier molecular flexibility index (Phi) is 22.9. The smallest absolute Gasteiger partial charge is 0.226 e. The summed E-state index contributed by atoms with van der Waals surface area (Å²) >= 11 is 5.22. The van der Waals surface area contributed by atoms with Crippen molar-refractivity contribution >= 4 is 39.7 Å². The molecule has 0 aliphatic carbocycles. The predicted molar refractivity (Wildman–Crippen MR) is 301 cm³/mol. The van der Waals surface area contributed by atoms with Crippen LogP contribution in [0.4, 0.5) is 0 Å². The molecule has 2 aromatic carbocycles. The van der Waals surface area contributed by atoms with E-state index in [0.29, 0.717) is 5.89 Å². The van der Waals surface area contributed by atoms with E-state index in [1.165, 1.54) is 31.7 Å². The van der Waals surface area contributed by atoms with Crippen LogP contribution in [0, 0.1) is 41.5 Å². The number of hydrogen-bond acceptors (Lipinski definition) is 13. The van der Waals surface area contributed by atoms with E-state index in [9.17, 15) is 0 Å². The Hall–Kier alpha value is -5.63. The molecular formula is C58H79N7O3S3. The summed E-state index contributed by atoms with van der Waals surface area (Å²) in [5.74, 6) is 3.19. The molecule has 0 radical (unpaired) electrons. The van der Waals surface area contributed by atoms with Crippen molar-refractivity contribution in [2.45, 2.75) is 167 Å². The number of benzene rings is 2. The maximum Gasteiger partial charge on any atom is 0.226 e. The van der Waals surface area contributed by atoms with E-state index >= 15 is 0 Å². The topological polar surface area (TPSA) is 129 Å². The van der Waals surface area contributed by atoms with Crippen LogP contribution < -0.4 is 0 Å². The number of allylic oxidation sites excluding steroid dienone is 1. The van der Waals surface area contributed by atoms with Gasteiger partial charge in [0.2, 0.25) is 5.89 Å². The van der Waals surface area contributed by atoms with Crippen molar-refractivity contribution < 1.29 is 13.3 Å². The van der Waals surface area contributed by atoms with Gasteiger partial charge in [-0.3, -0.25) is 4.99 Å². The monoisotopic (exact) mass is 1020 g/mol. The molecule has 1 aliphatic heterocycles. The summed E-state index contributed by atoms with van der Waals surface area (Å²) in [5.41, 5.74) is 9.43. The third-order valence-corrected chi connectivity index (χ3v) is 13.1. The van der Waals surface area contributed by atoms with Gasteiger partial charge in [-0.05, 0) is 73.1 Å². The molecule has 1 aliphatic rings. The van der Waals surface area contributed by atoms with Gasteiger partial charge in [0.15, 0.2) is 11.8 Å². The van der Waals surface area contributed by atoms with Crippen LogP contribution in [0.1, 0.15) is 159 Å². The third kappa shape index (κ3) is 22.6. The van der Waals surface area contributed by atoms with Crippen LogP contribution in [0.2, 0.25) is 0 Å². The molecule has 0 spiro atoms. The molecule has 0 saturated carbocycles. The number of rotatable bonds is 2. The van der Waals surface area contributed by atoms with Crippen molar-refractivity contribution in [1.82, 2.24) is 29.9 Å². The van der Waals surface area contributed by atoms with Gasteiger partial charge in [-0.25, -0.2) is 29.9 Å². The predicted octanol–water partition coefficient (Wildman–Crippen LogP) is 17.6. The zero-order valence-electron chi connectivity index (χ0n) is 46.1. The van der Waals surface area contributed by atoms with Gasteiger partial charge in [-0.15, -0.1) is 34.0 Å². The molecule has 0 unspecified atom stereocenters. The lowest BCUT2D eigenvalue weighted by molar-refractivity contribution is 0.380. The standard InChI is InChI=1S/C10H9NO.C10H9NS.2C8H13NO.2C8H13NS.C6H9N/c2*1-8-7-12-10(11-8)9-5-3-2-4-6-9;1-6-5-10-7(9-6)8(2,3)4;1-6-5-9-7(10-6)8(2,3)4;1-6-5-10-7(9-6)8(2,3)4;1-6-5-9-7(10-6)8(2,3)4;1-5-3-6(2)7-4-5/h2*2-7H,1H3;4*5H,1-4H3;4H,3H2,1-2H3. The Morgan fingerprint density at radius 3 is 1.32 bits per heavy atom. The van der Waals surface area contributed by atoms with E-state index in [1.54, 1.807) is 52.7 Å². The Morgan fingerprint density at radius 2 is 1.03 bits per heavy atom. The maximum absolute atomic E-state index is 5.34. The lowest BCUT2D eigenvalue weighted by Crippen LogP contribution is -2.11. The van der Waals surface area contributed by atoms with Gasteiger partial charge in [0, 0.05) is 84.3 Å². The summed E-state index contributed by atoms with van der Waals surface area (Å²) in [6, 6.07) is 20.1. The van der Waals surface area contributed by atoms with E-state index in [4.69, 9.17) is 13.3 Å². The molecule has 71 heavy (non-hydrogen) atoms. The Morgan fingerprint density at radius 1 is 0.493 bits per heavy atom. The van der Waals surface area contributed by atoms with Crippen molar-refractivity contribution in [3.63, 3.8) is 0 Å². The molecule has 9 rings (SSSR count). The SMILES string of the molecule is CC1=CN=C(C)C1.Cc1cnc(C(C)(C)C)o1.Cc1cnc(C(C)(C)C)s1.Cc1coc(-c2ccccc2)n1.Cc1coc(C(C)(C)C)n1.Cc1csc(-c2ccccc2)n1.Cc1csc(C(C)(C)C)n1. The highest BCUT2D eigenvalue weighted by Gasteiger charge is 2.20. The van der Waals surface area contributed by atoms with Gasteiger partial charge in [-0.1, -0.05) is 132 Å². The molecule has 382 valence electrons. The van der Waals surface area contributed by atoms with Crippen LogP contribution in [0.3, 0.4) is 0 Å². The first-order valence-corrected chi connectivity index (χ1v) is 26.4. The number of aryl methyl sites for hydroxylation is 6. The van der Waals surface area contributed by atoms with Gasteiger partial charge < -0.3 is 13.3 Å². The van der Waals surface area contributed by atoms with Gasteiger partial charge in [0.05, 0.1) is 27.6 Å². The summed E-state index contributed by atoms with van der Waals surface area (Å²) in [6.45, 7) is 41.6. The Balaban J connectivity index is 0.000000220. The summed E-state index contributed by atoms with van der Waals surface area (Å²) in [6.07, 6.45) is 10.0. The van der Waals surface area contributed by atoms with E-state index < -0.39 is 0 Å². The Bertz CT molecular complexity index is 2520. The molecule has 13 heteroatoms. The van der Waals surface area contributed by atoms with Crippen molar-refractivity contribution in [2.75, 3.05) is 0 Å². The summed E-state index contributed by atoms with van der Waals surface area (Å²) < 4.78 is 15.8. The van der Waals surface area contributed by atoms with Gasteiger partial charge in [0.25, 0.3) is 0 Å². The molecule has 0 amide bonds. The van der Waals surface area contributed by atoms with Crippen LogP contribution in [-0.4, -0.2) is 35.6 Å². The quantitative estimate of drug-likeness (QED) is 0.166. The fourth-order valence-corrected chi connectivity index (χ4v) is 8.16. The van der Waals surface area contributed by atoms with Crippen LogP contribution >= 0.6 is 34.0 Å². The lowest BCUT2D eigenvalue weighted by Gasteiger charge is -2.13. The van der Waals surface area contributed by atoms with Crippen LogP contribution in [0.25, 0.3) is 22.0 Å². The highest BCUT2D eigenvalue weighted by Crippen LogP contribution is 2.27. The molecule has 0 bridgehead atoms. The molecule has 0 atom stereocenters. The van der Waals surface area contributed by atoms with E-state index in [0.717, 1.165) is 57.3 Å². The van der Waals surface area contributed by atoms with Gasteiger partial charge >= 0.3 is 0 Å². The zero-order chi connectivity index (χ0) is 53.2. The number of oxazole rings is 3. The van der Waals surface area contributed by atoms with E-state index in [-0.39, 0.29) is 21.7 Å². The molecule has 8 aromatic rings. The van der Waals surface area contributed by atoms with Crippen molar-refractivity contribution in [3.8, 4) is 22.0 Å². The molecule has 6 aromatic heterocycles. The molecule has 0 saturated heterocycles. The molecule has 0 fully saturated rings. The second-order valence-corrected chi connectivity index (χ2v) is 24.4. The normalized spacial score (nSPS) is 12.1. The van der Waals surface area contributed by atoms with Gasteiger partial charge in [-0.2, -0.15) is 0 Å². The number of nitrogens with zero attached hydrogens (tertiary/aromatic N) is 7. The minimum atomic E-state index is 0.0360. The summed E-state index contributed by atoms with van der Waals surface area (Å²) in [5, 5.41) is 7.73. The third-order valence-electron chi connectivity index (χ3n) is 9.37. The maximum atomic E-state index is 5.34. The average Bonchev–Trinajstić information content (AvgIpc) is 4.15. The first-order chi connectivity index (χ1) is 33.0. The fourth-order valence-electron chi connectivity index (χ4n) is 5.65. The average molecular weight is 1020 g/mol. The minimum absolute atomic E-state index is 0.0360. The van der Waals surface area contributed by atoms with Crippen LogP contribution in [0.15, 0.2) is 126 Å².